The fourth-order valence-electron chi connectivity index (χ4n) is 3.36. The molecular weight excluding hydrogens is 272 g/mol. The molecule has 0 saturated carbocycles. The number of amides is 1. The van der Waals surface area contributed by atoms with E-state index in [1.165, 1.54) is 5.56 Å². The van der Waals surface area contributed by atoms with Crippen LogP contribution in [-0.4, -0.2) is 47.9 Å². The molecule has 0 aromatic heterocycles. The third-order valence-electron chi connectivity index (χ3n) is 4.96. The second-order valence-electron chi connectivity index (χ2n) is 6.41. The molecule has 3 heteroatoms. The predicted molar refractivity (Wildman–Crippen MR) is 91.8 cm³/mol. The Morgan fingerprint density at radius 2 is 1.64 bits per heavy atom. The molecule has 1 heterocycles. The van der Waals surface area contributed by atoms with Crippen LogP contribution in [-0.2, 0) is 11.2 Å². The number of carbonyl (C=O) groups is 1. The minimum atomic E-state index is 0.216. The van der Waals surface area contributed by atoms with E-state index in [0.717, 1.165) is 45.4 Å². The highest BCUT2D eigenvalue weighted by Gasteiger charge is 2.27. The van der Waals surface area contributed by atoms with Crippen molar-refractivity contribution in [3.63, 3.8) is 0 Å². The zero-order valence-corrected chi connectivity index (χ0v) is 14.3. The number of nitrogens with zero attached hydrogens (tertiary/aromatic N) is 2. The van der Waals surface area contributed by atoms with E-state index in [2.05, 4.69) is 60.9 Å². The van der Waals surface area contributed by atoms with Crippen LogP contribution in [0.2, 0.25) is 0 Å². The van der Waals surface area contributed by atoms with Gasteiger partial charge in [-0.15, -0.1) is 0 Å². The SMILES string of the molecule is CCC(CC)C(=O)N1CCN(C(C)Cc2ccccc2)CC1. The summed E-state index contributed by atoms with van der Waals surface area (Å²) in [6.07, 6.45) is 3.00. The lowest BCUT2D eigenvalue weighted by Crippen LogP contribution is -2.52. The largest absolute Gasteiger partial charge is 0.340 e. The third-order valence-corrected chi connectivity index (χ3v) is 4.96. The molecule has 1 aliphatic rings. The van der Waals surface area contributed by atoms with Crippen molar-refractivity contribution in [3.8, 4) is 0 Å². The summed E-state index contributed by atoms with van der Waals surface area (Å²) >= 11 is 0. The van der Waals surface area contributed by atoms with Gasteiger partial charge in [0.05, 0.1) is 0 Å². The lowest BCUT2D eigenvalue weighted by molar-refractivity contribution is -0.137. The van der Waals surface area contributed by atoms with Crippen LogP contribution in [0.15, 0.2) is 30.3 Å². The average Bonchev–Trinajstić information content (AvgIpc) is 2.57. The zero-order chi connectivity index (χ0) is 15.9. The molecule has 22 heavy (non-hydrogen) atoms. The predicted octanol–water partition coefficient (Wildman–Crippen LogP) is 3.20. The maximum absolute atomic E-state index is 12.4. The van der Waals surface area contributed by atoms with Gasteiger partial charge in [-0.2, -0.15) is 0 Å². The second kappa shape index (κ2) is 8.33. The zero-order valence-electron chi connectivity index (χ0n) is 14.3. The Morgan fingerprint density at radius 3 is 2.18 bits per heavy atom. The number of hydrogen-bond acceptors (Lipinski definition) is 2. The summed E-state index contributed by atoms with van der Waals surface area (Å²) < 4.78 is 0. The van der Waals surface area contributed by atoms with Gasteiger partial charge >= 0.3 is 0 Å². The molecule has 1 fully saturated rings. The van der Waals surface area contributed by atoms with E-state index in [1.807, 2.05) is 0 Å². The molecule has 1 unspecified atom stereocenters. The molecule has 0 aliphatic carbocycles. The first-order valence-electron chi connectivity index (χ1n) is 8.72. The molecule has 3 nitrogen and oxygen atoms in total. The van der Waals surface area contributed by atoms with Crippen LogP contribution in [0.1, 0.15) is 39.2 Å². The van der Waals surface area contributed by atoms with E-state index in [4.69, 9.17) is 0 Å². The van der Waals surface area contributed by atoms with Gasteiger partial charge < -0.3 is 4.90 Å². The van der Waals surface area contributed by atoms with Gasteiger partial charge in [-0.25, -0.2) is 0 Å². The van der Waals surface area contributed by atoms with Gasteiger partial charge in [0.25, 0.3) is 0 Å². The van der Waals surface area contributed by atoms with Crippen molar-refractivity contribution in [3.05, 3.63) is 35.9 Å². The van der Waals surface area contributed by atoms with Gasteiger partial charge in [0.2, 0.25) is 5.91 Å². The Labute approximate surface area is 135 Å². The van der Waals surface area contributed by atoms with Crippen LogP contribution in [0.5, 0.6) is 0 Å². The molecule has 0 N–H and O–H groups in total. The smallest absolute Gasteiger partial charge is 0.225 e. The molecule has 0 bridgehead atoms. The average molecular weight is 302 g/mol. The minimum absolute atomic E-state index is 0.216. The fraction of sp³-hybridized carbons (Fsp3) is 0.632. The maximum Gasteiger partial charge on any atom is 0.225 e. The number of rotatable bonds is 6. The maximum atomic E-state index is 12.4. The second-order valence-corrected chi connectivity index (χ2v) is 6.41. The topological polar surface area (TPSA) is 23.6 Å². The van der Waals surface area contributed by atoms with Crippen LogP contribution in [0.25, 0.3) is 0 Å². The van der Waals surface area contributed by atoms with Crippen LogP contribution < -0.4 is 0 Å². The molecule has 1 aromatic rings. The van der Waals surface area contributed by atoms with Crippen molar-refractivity contribution in [2.24, 2.45) is 5.92 Å². The normalized spacial score (nSPS) is 17.7. The molecule has 1 aromatic carbocycles. The molecule has 2 rings (SSSR count). The summed E-state index contributed by atoms with van der Waals surface area (Å²) in [5.74, 6) is 0.577. The highest BCUT2D eigenvalue weighted by atomic mass is 16.2. The Morgan fingerprint density at radius 1 is 1.05 bits per heavy atom. The quantitative estimate of drug-likeness (QED) is 0.805. The van der Waals surface area contributed by atoms with Gasteiger partial charge in [0.15, 0.2) is 0 Å². The van der Waals surface area contributed by atoms with E-state index in [1.54, 1.807) is 0 Å². The summed E-state index contributed by atoms with van der Waals surface area (Å²) in [5.41, 5.74) is 1.39. The summed E-state index contributed by atoms with van der Waals surface area (Å²) in [6, 6.07) is 11.2. The standard InChI is InChI=1S/C19H30N2O/c1-4-18(5-2)19(22)21-13-11-20(12-14-21)16(3)15-17-9-7-6-8-10-17/h6-10,16,18H,4-5,11-15H2,1-3H3. The summed E-state index contributed by atoms with van der Waals surface area (Å²) in [7, 11) is 0. The number of benzene rings is 1. The first kappa shape index (κ1) is 17.0. The molecule has 0 spiro atoms. The van der Waals surface area contributed by atoms with Crippen LogP contribution in [0.4, 0.5) is 0 Å². The molecule has 0 radical (unpaired) electrons. The molecule has 1 atom stereocenters. The van der Waals surface area contributed by atoms with Crippen molar-refractivity contribution >= 4 is 5.91 Å². The van der Waals surface area contributed by atoms with Gasteiger partial charge in [-0.05, 0) is 31.7 Å². The highest BCUT2D eigenvalue weighted by molar-refractivity contribution is 5.78. The van der Waals surface area contributed by atoms with Crippen LogP contribution >= 0.6 is 0 Å². The van der Waals surface area contributed by atoms with Crippen molar-refractivity contribution in [2.45, 2.75) is 46.1 Å². The van der Waals surface area contributed by atoms with Gasteiger partial charge in [0.1, 0.15) is 0 Å². The van der Waals surface area contributed by atoms with Crippen molar-refractivity contribution in [1.82, 2.24) is 9.80 Å². The summed E-state index contributed by atoms with van der Waals surface area (Å²) in [6.45, 7) is 10.3. The first-order chi connectivity index (χ1) is 10.7. The van der Waals surface area contributed by atoms with E-state index in [0.29, 0.717) is 11.9 Å². The van der Waals surface area contributed by atoms with E-state index >= 15 is 0 Å². The number of piperazine rings is 1. The molecular formula is C19H30N2O. The monoisotopic (exact) mass is 302 g/mol. The summed E-state index contributed by atoms with van der Waals surface area (Å²) in [5, 5.41) is 0. The summed E-state index contributed by atoms with van der Waals surface area (Å²) in [4.78, 5) is 17.0. The molecule has 1 saturated heterocycles. The molecule has 1 amide bonds. The lowest BCUT2D eigenvalue weighted by atomic mass is 10.0. The Balaban J connectivity index is 1.82. The van der Waals surface area contributed by atoms with Gasteiger partial charge in [-0.1, -0.05) is 44.2 Å². The van der Waals surface area contributed by atoms with E-state index in [-0.39, 0.29) is 5.92 Å². The lowest BCUT2D eigenvalue weighted by Gasteiger charge is -2.39. The highest BCUT2D eigenvalue weighted by Crippen LogP contribution is 2.16. The van der Waals surface area contributed by atoms with Gasteiger partial charge in [-0.3, -0.25) is 9.69 Å². The van der Waals surface area contributed by atoms with Crippen LogP contribution in [0.3, 0.4) is 0 Å². The van der Waals surface area contributed by atoms with Crippen molar-refractivity contribution in [1.29, 1.82) is 0 Å². The van der Waals surface area contributed by atoms with Crippen molar-refractivity contribution in [2.75, 3.05) is 26.2 Å². The van der Waals surface area contributed by atoms with Crippen LogP contribution in [0, 0.1) is 5.92 Å². The van der Waals surface area contributed by atoms with Crippen molar-refractivity contribution < 1.29 is 4.79 Å². The van der Waals surface area contributed by atoms with E-state index in [9.17, 15) is 4.79 Å². The number of carbonyl (C=O) groups excluding carboxylic acids is 1. The number of hydrogen-bond donors (Lipinski definition) is 0. The van der Waals surface area contributed by atoms with Gasteiger partial charge in [0, 0.05) is 38.1 Å². The Kier molecular flexibility index (Phi) is 6.44. The molecule has 1 aliphatic heterocycles. The fourth-order valence-corrected chi connectivity index (χ4v) is 3.36. The minimum Gasteiger partial charge on any atom is -0.340 e. The molecule has 122 valence electrons. The Hall–Kier alpha value is -1.35. The Bertz CT molecular complexity index is 448. The van der Waals surface area contributed by atoms with E-state index < -0.39 is 0 Å². The first-order valence-corrected chi connectivity index (χ1v) is 8.72. The third kappa shape index (κ3) is 4.33.